The Labute approximate surface area is 139 Å². The summed E-state index contributed by atoms with van der Waals surface area (Å²) in [5.41, 5.74) is 7.16. The van der Waals surface area contributed by atoms with Gasteiger partial charge in [-0.2, -0.15) is 0 Å². The van der Waals surface area contributed by atoms with Gasteiger partial charge >= 0.3 is 0 Å². The summed E-state index contributed by atoms with van der Waals surface area (Å²) < 4.78 is 11.2. The van der Waals surface area contributed by atoms with Crippen molar-refractivity contribution >= 4 is 11.6 Å². The molecule has 0 spiro atoms. The van der Waals surface area contributed by atoms with Gasteiger partial charge in [-0.25, -0.2) is 0 Å². The van der Waals surface area contributed by atoms with Crippen LogP contribution in [0.2, 0.25) is 0 Å². The summed E-state index contributed by atoms with van der Waals surface area (Å²) in [5, 5.41) is 3.16. The van der Waals surface area contributed by atoms with E-state index >= 15 is 0 Å². The fourth-order valence-electron chi connectivity index (χ4n) is 2.98. The second-order valence-corrected chi connectivity index (χ2v) is 6.37. The number of hydrogen-bond donors (Lipinski definition) is 2. The monoisotopic (exact) mass is 319 g/mol. The summed E-state index contributed by atoms with van der Waals surface area (Å²) in [6, 6.07) is 5.68. The summed E-state index contributed by atoms with van der Waals surface area (Å²) in [6.45, 7) is 8.19. The van der Waals surface area contributed by atoms with Gasteiger partial charge < -0.3 is 20.5 Å². The number of aliphatic imine (C=N–C) groups is 1. The molecular formula is C18H29N3O2. The van der Waals surface area contributed by atoms with Crippen molar-refractivity contribution in [3.63, 3.8) is 0 Å². The number of nitrogens with two attached hydrogens (primary N) is 1. The maximum atomic E-state index is 6.07. The number of nitrogens with zero attached hydrogens (tertiary/aromatic N) is 1. The molecule has 1 aliphatic rings. The van der Waals surface area contributed by atoms with Gasteiger partial charge in [-0.05, 0) is 44.2 Å². The molecule has 0 bridgehead atoms. The molecule has 0 saturated heterocycles. The Morgan fingerprint density at radius 1 is 1.22 bits per heavy atom. The van der Waals surface area contributed by atoms with Gasteiger partial charge in [-0.15, -0.1) is 0 Å². The number of nitrogens with one attached hydrogen (secondary N) is 1. The molecular weight excluding hydrogens is 290 g/mol. The van der Waals surface area contributed by atoms with E-state index in [1.54, 1.807) is 0 Å². The minimum atomic E-state index is 0.294. The van der Waals surface area contributed by atoms with Crippen LogP contribution in [0.25, 0.3) is 0 Å². The lowest BCUT2D eigenvalue weighted by Crippen LogP contribution is -2.26. The molecule has 0 radical (unpaired) electrons. The second-order valence-electron chi connectivity index (χ2n) is 6.37. The van der Waals surface area contributed by atoms with Crippen LogP contribution < -0.4 is 20.5 Å². The van der Waals surface area contributed by atoms with Crippen LogP contribution in [0.1, 0.15) is 46.5 Å². The Morgan fingerprint density at radius 2 is 1.91 bits per heavy atom. The van der Waals surface area contributed by atoms with Gasteiger partial charge in [0, 0.05) is 12.6 Å². The van der Waals surface area contributed by atoms with Crippen molar-refractivity contribution in [2.75, 3.05) is 25.1 Å². The van der Waals surface area contributed by atoms with Crippen LogP contribution in [0.5, 0.6) is 11.5 Å². The Bertz CT molecular complexity index is 537. The van der Waals surface area contributed by atoms with Crippen molar-refractivity contribution in [1.82, 2.24) is 0 Å². The van der Waals surface area contributed by atoms with Crippen LogP contribution in [-0.2, 0) is 0 Å². The van der Waals surface area contributed by atoms with Crippen LogP contribution in [-0.4, -0.2) is 25.7 Å². The molecule has 1 aliphatic carbocycles. The highest BCUT2D eigenvalue weighted by Gasteiger charge is 2.28. The molecule has 1 aromatic rings. The predicted octanol–water partition coefficient (Wildman–Crippen LogP) is 3.79. The van der Waals surface area contributed by atoms with Gasteiger partial charge in [-0.3, -0.25) is 4.99 Å². The highest BCUT2D eigenvalue weighted by molar-refractivity contribution is 5.94. The first kappa shape index (κ1) is 17.4. The Balaban J connectivity index is 2.08. The zero-order chi connectivity index (χ0) is 16.7. The molecule has 5 heteroatoms. The third-order valence-electron chi connectivity index (χ3n) is 4.27. The van der Waals surface area contributed by atoms with Crippen LogP contribution in [0.15, 0.2) is 23.2 Å². The van der Waals surface area contributed by atoms with Gasteiger partial charge in [0.2, 0.25) is 0 Å². The number of ether oxygens (including phenoxy) is 2. The maximum Gasteiger partial charge on any atom is 0.193 e. The number of rotatable bonds is 7. The maximum absolute atomic E-state index is 6.07. The highest BCUT2D eigenvalue weighted by Crippen LogP contribution is 2.37. The number of hydrogen-bond acceptors (Lipinski definition) is 3. The van der Waals surface area contributed by atoms with Crippen LogP contribution in [0.3, 0.4) is 0 Å². The highest BCUT2D eigenvalue weighted by atomic mass is 16.5. The van der Waals surface area contributed by atoms with E-state index in [-0.39, 0.29) is 0 Å². The third-order valence-corrected chi connectivity index (χ3v) is 4.27. The molecule has 5 nitrogen and oxygen atoms in total. The van der Waals surface area contributed by atoms with E-state index < -0.39 is 0 Å². The van der Waals surface area contributed by atoms with Crippen molar-refractivity contribution in [3.05, 3.63) is 18.2 Å². The average molecular weight is 319 g/mol. The lowest BCUT2D eigenvalue weighted by Gasteiger charge is -2.21. The molecule has 0 amide bonds. The SMILES string of the molecule is CCOc1ccc(OCC)c(NC(N)=NCC2(C)CCCC2)c1. The summed E-state index contributed by atoms with van der Waals surface area (Å²) in [5.74, 6) is 1.96. The van der Waals surface area contributed by atoms with E-state index in [4.69, 9.17) is 15.2 Å². The third kappa shape index (κ3) is 5.05. The standard InChI is InChI=1S/C18H29N3O2/c1-4-22-14-8-9-16(23-5-2)15(12-14)21-17(19)20-13-18(3)10-6-7-11-18/h8-9,12H,4-7,10-11,13H2,1-3H3,(H3,19,20,21). The lowest BCUT2D eigenvalue weighted by atomic mass is 9.89. The summed E-state index contributed by atoms with van der Waals surface area (Å²) >= 11 is 0. The predicted molar refractivity (Wildman–Crippen MR) is 95.5 cm³/mol. The van der Waals surface area contributed by atoms with Crippen molar-refractivity contribution in [2.45, 2.75) is 46.5 Å². The molecule has 1 fully saturated rings. The summed E-state index contributed by atoms with van der Waals surface area (Å²) in [6.07, 6.45) is 5.05. The normalized spacial score (nSPS) is 17.1. The molecule has 0 unspecified atom stereocenters. The first-order valence-corrected chi connectivity index (χ1v) is 8.53. The van der Waals surface area contributed by atoms with E-state index in [0.717, 1.165) is 23.7 Å². The molecule has 0 atom stereocenters. The Hall–Kier alpha value is -1.91. The Morgan fingerprint density at radius 3 is 2.57 bits per heavy atom. The smallest absolute Gasteiger partial charge is 0.193 e. The quantitative estimate of drug-likeness (QED) is 0.592. The number of benzene rings is 1. The zero-order valence-electron chi connectivity index (χ0n) is 14.5. The van der Waals surface area contributed by atoms with Gasteiger partial charge in [0.15, 0.2) is 5.96 Å². The summed E-state index contributed by atoms with van der Waals surface area (Å²) in [7, 11) is 0. The van der Waals surface area contributed by atoms with Gasteiger partial charge in [0.1, 0.15) is 11.5 Å². The van der Waals surface area contributed by atoms with Gasteiger partial charge in [0.25, 0.3) is 0 Å². The van der Waals surface area contributed by atoms with E-state index in [1.807, 2.05) is 32.0 Å². The summed E-state index contributed by atoms with van der Waals surface area (Å²) in [4.78, 5) is 4.54. The molecule has 1 saturated carbocycles. The van der Waals surface area contributed by atoms with Crippen LogP contribution in [0.4, 0.5) is 5.69 Å². The molecule has 1 aromatic carbocycles. The van der Waals surface area contributed by atoms with Crippen molar-refractivity contribution < 1.29 is 9.47 Å². The van der Waals surface area contributed by atoms with E-state index in [0.29, 0.717) is 24.6 Å². The van der Waals surface area contributed by atoms with Crippen LogP contribution in [0, 0.1) is 5.41 Å². The second kappa shape index (κ2) is 8.09. The first-order valence-electron chi connectivity index (χ1n) is 8.53. The van der Waals surface area contributed by atoms with E-state index in [9.17, 15) is 0 Å². The number of anilines is 1. The average Bonchev–Trinajstić information content (AvgIpc) is 2.96. The van der Waals surface area contributed by atoms with Crippen molar-refractivity contribution in [3.8, 4) is 11.5 Å². The fraction of sp³-hybridized carbons (Fsp3) is 0.611. The van der Waals surface area contributed by atoms with Gasteiger partial charge in [0.05, 0.1) is 18.9 Å². The van der Waals surface area contributed by atoms with Crippen molar-refractivity contribution in [1.29, 1.82) is 0 Å². The topological polar surface area (TPSA) is 68.9 Å². The molecule has 0 aliphatic heterocycles. The molecule has 128 valence electrons. The van der Waals surface area contributed by atoms with E-state index in [1.165, 1.54) is 25.7 Å². The lowest BCUT2D eigenvalue weighted by molar-refractivity contribution is 0.332. The van der Waals surface area contributed by atoms with Gasteiger partial charge in [-0.1, -0.05) is 19.8 Å². The molecule has 0 heterocycles. The minimum Gasteiger partial charge on any atom is -0.494 e. The van der Waals surface area contributed by atoms with Crippen LogP contribution >= 0.6 is 0 Å². The zero-order valence-corrected chi connectivity index (χ0v) is 14.5. The Kier molecular flexibility index (Phi) is 6.13. The van der Waals surface area contributed by atoms with Crippen molar-refractivity contribution in [2.24, 2.45) is 16.1 Å². The van der Waals surface area contributed by atoms with E-state index in [2.05, 4.69) is 17.2 Å². The number of guanidine groups is 1. The minimum absolute atomic E-state index is 0.294. The molecule has 3 N–H and O–H groups in total. The molecule has 23 heavy (non-hydrogen) atoms. The first-order chi connectivity index (χ1) is 11.1. The fourth-order valence-corrected chi connectivity index (χ4v) is 2.98. The largest absolute Gasteiger partial charge is 0.494 e. The molecule has 2 rings (SSSR count). The molecule has 0 aromatic heterocycles.